The summed E-state index contributed by atoms with van der Waals surface area (Å²) < 4.78 is 9.56. The molecule has 3 rings (SSSR count). The van der Waals surface area contributed by atoms with Crippen molar-refractivity contribution < 1.29 is 19.1 Å². The first-order valence-electron chi connectivity index (χ1n) is 7.03. The van der Waals surface area contributed by atoms with Crippen LogP contribution >= 0.6 is 0 Å². The predicted molar refractivity (Wildman–Crippen MR) is 86.4 cm³/mol. The normalized spacial score (nSPS) is 10.5. The Kier molecular flexibility index (Phi) is 3.85. The first kappa shape index (κ1) is 14.8. The number of H-pyrrole nitrogens is 1. The number of hydrogen-bond donors (Lipinski definition) is 1. The highest BCUT2D eigenvalue weighted by Crippen LogP contribution is 2.28. The summed E-state index contributed by atoms with van der Waals surface area (Å²) >= 11 is 0. The number of fused-ring (bicyclic) bond motifs is 1. The highest BCUT2D eigenvalue weighted by Gasteiger charge is 2.18. The molecule has 1 heterocycles. The van der Waals surface area contributed by atoms with Gasteiger partial charge < -0.3 is 14.5 Å². The van der Waals surface area contributed by atoms with E-state index in [2.05, 4.69) is 4.98 Å². The highest BCUT2D eigenvalue weighted by atomic mass is 16.5. The first-order valence-corrected chi connectivity index (χ1v) is 7.03. The van der Waals surface area contributed by atoms with Gasteiger partial charge in [0.25, 0.3) is 0 Å². The van der Waals surface area contributed by atoms with E-state index in [1.807, 2.05) is 36.4 Å². The van der Waals surface area contributed by atoms with Gasteiger partial charge in [0.2, 0.25) is 0 Å². The van der Waals surface area contributed by atoms with Crippen LogP contribution in [-0.4, -0.2) is 31.1 Å². The maximum absolute atomic E-state index is 12.0. The van der Waals surface area contributed by atoms with Gasteiger partial charge in [0.1, 0.15) is 0 Å². The molecular formula is C18H15NO4. The second kappa shape index (κ2) is 5.96. The highest BCUT2D eigenvalue weighted by molar-refractivity contribution is 6.08. The molecule has 0 aliphatic rings. The van der Waals surface area contributed by atoms with Crippen molar-refractivity contribution in [1.29, 1.82) is 0 Å². The lowest BCUT2D eigenvalue weighted by atomic mass is 10.1. The van der Waals surface area contributed by atoms with Crippen molar-refractivity contribution in [1.82, 2.24) is 4.98 Å². The van der Waals surface area contributed by atoms with Crippen LogP contribution in [0.1, 0.15) is 20.7 Å². The molecule has 116 valence electrons. The summed E-state index contributed by atoms with van der Waals surface area (Å²) in [4.78, 5) is 27.1. The molecule has 0 atom stereocenters. The Morgan fingerprint density at radius 2 is 1.61 bits per heavy atom. The van der Waals surface area contributed by atoms with E-state index < -0.39 is 11.9 Å². The molecule has 0 unspecified atom stereocenters. The van der Waals surface area contributed by atoms with Crippen LogP contribution in [0.2, 0.25) is 0 Å². The Balaban J connectivity index is 2.23. The summed E-state index contributed by atoms with van der Waals surface area (Å²) in [5.41, 5.74) is 3.13. The van der Waals surface area contributed by atoms with Crippen molar-refractivity contribution in [3.8, 4) is 11.3 Å². The maximum atomic E-state index is 12.0. The number of esters is 2. The molecule has 0 saturated carbocycles. The number of aromatic amines is 1. The van der Waals surface area contributed by atoms with Gasteiger partial charge >= 0.3 is 11.9 Å². The number of hydrogen-bond acceptors (Lipinski definition) is 4. The quantitative estimate of drug-likeness (QED) is 0.753. The van der Waals surface area contributed by atoms with Gasteiger partial charge in [-0.2, -0.15) is 0 Å². The number of carbonyl (C=O) groups excluding carboxylic acids is 2. The molecule has 0 amide bonds. The van der Waals surface area contributed by atoms with Crippen molar-refractivity contribution in [3.05, 3.63) is 59.7 Å². The minimum absolute atomic E-state index is 0.293. The summed E-state index contributed by atoms with van der Waals surface area (Å²) in [5.74, 6) is -1.01. The van der Waals surface area contributed by atoms with Crippen LogP contribution in [-0.2, 0) is 9.47 Å². The van der Waals surface area contributed by atoms with Crippen LogP contribution in [0.4, 0.5) is 0 Å². The van der Waals surface area contributed by atoms with Gasteiger partial charge in [-0.25, -0.2) is 9.59 Å². The molecule has 0 spiro atoms. The number of aromatic nitrogens is 1. The van der Waals surface area contributed by atoms with Crippen LogP contribution in [0.15, 0.2) is 48.5 Å². The average Bonchev–Trinajstić information content (AvgIpc) is 3.04. The Hall–Kier alpha value is -3.08. The number of carbonyl (C=O) groups is 2. The molecule has 5 heteroatoms. The standard InChI is InChI=1S/C18H15NO4/c1-22-17(20)12-8-14(18(21)23-2)13-10-15(19-16(13)9-12)11-6-4-3-5-7-11/h3-10,19H,1-2H3. The molecule has 0 aliphatic heterocycles. The number of ether oxygens (including phenoxy) is 2. The Bertz CT molecular complexity index is 881. The predicted octanol–water partition coefficient (Wildman–Crippen LogP) is 3.41. The van der Waals surface area contributed by atoms with E-state index in [0.29, 0.717) is 22.0 Å². The Morgan fingerprint density at radius 1 is 0.913 bits per heavy atom. The largest absolute Gasteiger partial charge is 0.465 e. The molecule has 0 bridgehead atoms. The molecule has 3 aromatic rings. The fourth-order valence-corrected chi connectivity index (χ4v) is 2.53. The maximum Gasteiger partial charge on any atom is 0.338 e. The van der Waals surface area contributed by atoms with E-state index in [1.54, 1.807) is 6.07 Å². The van der Waals surface area contributed by atoms with E-state index >= 15 is 0 Å². The van der Waals surface area contributed by atoms with Crippen molar-refractivity contribution >= 4 is 22.8 Å². The lowest BCUT2D eigenvalue weighted by Gasteiger charge is -2.04. The van der Waals surface area contributed by atoms with Gasteiger partial charge in [0, 0.05) is 16.6 Å². The van der Waals surface area contributed by atoms with Crippen LogP contribution < -0.4 is 0 Å². The monoisotopic (exact) mass is 309 g/mol. The third-order valence-electron chi connectivity index (χ3n) is 3.65. The van der Waals surface area contributed by atoms with Crippen LogP contribution in [0.5, 0.6) is 0 Å². The molecule has 5 nitrogen and oxygen atoms in total. The van der Waals surface area contributed by atoms with E-state index in [-0.39, 0.29) is 0 Å². The van der Waals surface area contributed by atoms with Crippen molar-refractivity contribution in [3.63, 3.8) is 0 Å². The van der Waals surface area contributed by atoms with Crippen molar-refractivity contribution in [2.75, 3.05) is 14.2 Å². The summed E-state index contributed by atoms with van der Waals surface area (Å²) in [6, 6.07) is 14.7. The van der Waals surface area contributed by atoms with Gasteiger partial charge in [-0.15, -0.1) is 0 Å². The summed E-state index contributed by atoms with van der Waals surface area (Å²) in [7, 11) is 2.61. The number of rotatable bonds is 3. The van der Waals surface area contributed by atoms with Gasteiger partial charge in [0.05, 0.1) is 25.3 Å². The summed E-state index contributed by atoms with van der Waals surface area (Å²) in [5, 5.41) is 0.698. The number of benzene rings is 2. The van der Waals surface area contributed by atoms with Crippen molar-refractivity contribution in [2.45, 2.75) is 0 Å². The van der Waals surface area contributed by atoms with E-state index in [1.165, 1.54) is 20.3 Å². The van der Waals surface area contributed by atoms with Crippen LogP contribution in [0.25, 0.3) is 22.2 Å². The molecular weight excluding hydrogens is 294 g/mol. The van der Waals surface area contributed by atoms with Crippen molar-refractivity contribution in [2.24, 2.45) is 0 Å². The third-order valence-corrected chi connectivity index (χ3v) is 3.65. The first-order chi connectivity index (χ1) is 11.1. The summed E-state index contributed by atoms with van der Waals surface area (Å²) in [6.07, 6.45) is 0. The van der Waals surface area contributed by atoms with Gasteiger partial charge in [-0.05, 0) is 23.8 Å². The average molecular weight is 309 g/mol. The van der Waals surface area contributed by atoms with Gasteiger partial charge in [-0.3, -0.25) is 0 Å². The molecule has 1 aromatic heterocycles. The third kappa shape index (κ3) is 2.68. The molecule has 2 aromatic carbocycles. The fourth-order valence-electron chi connectivity index (χ4n) is 2.53. The topological polar surface area (TPSA) is 68.4 Å². The van der Waals surface area contributed by atoms with Gasteiger partial charge in [-0.1, -0.05) is 30.3 Å². The number of nitrogens with one attached hydrogen (secondary N) is 1. The lowest BCUT2D eigenvalue weighted by molar-refractivity contribution is 0.0600. The zero-order chi connectivity index (χ0) is 16.4. The summed E-state index contributed by atoms with van der Waals surface area (Å²) in [6.45, 7) is 0. The zero-order valence-electron chi connectivity index (χ0n) is 12.8. The minimum atomic E-state index is -0.507. The molecule has 0 saturated heterocycles. The van der Waals surface area contributed by atoms with E-state index in [4.69, 9.17) is 9.47 Å². The van der Waals surface area contributed by atoms with E-state index in [0.717, 1.165) is 11.3 Å². The molecule has 0 radical (unpaired) electrons. The molecule has 0 fully saturated rings. The van der Waals surface area contributed by atoms with Crippen LogP contribution in [0.3, 0.4) is 0 Å². The lowest BCUT2D eigenvalue weighted by Crippen LogP contribution is -2.06. The zero-order valence-corrected chi connectivity index (χ0v) is 12.8. The van der Waals surface area contributed by atoms with E-state index in [9.17, 15) is 9.59 Å². The van der Waals surface area contributed by atoms with Crippen LogP contribution in [0, 0.1) is 0 Å². The second-order valence-corrected chi connectivity index (χ2v) is 5.02. The SMILES string of the molecule is COC(=O)c1cc(C(=O)OC)c2cc(-c3ccccc3)[nH]c2c1. The Labute approximate surface area is 132 Å². The minimum Gasteiger partial charge on any atom is -0.465 e. The smallest absolute Gasteiger partial charge is 0.338 e. The fraction of sp³-hybridized carbons (Fsp3) is 0.111. The molecule has 23 heavy (non-hydrogen) atoms. The Morgan fingerprint density at radius 3 is 2.26 bits per heavy atom. The molecule has 0 aliphatic carbocycles. The molecule has 1 N–H and O–H groups in total. The number of methoxy groups -OCH3 is 2. The van der Waals surface area contributed by atoms with Gasteiger partial charge in [0.15, 0.2) is 0 Å². The second-order valence-electron chi connectivity index (χ2n) is 5.02.